The maximum atomic E-state index is 11.8. The molecule has 1 aliphatic heterocycles. The molecule has 1 fully saturated rings. The first-order chi connectivity index (χ1) is 8.75. The average molecular weight is 247 g/mol. The zero-order valence-electron chi connectivity index (χ0n) is 10.6. The van der Waals surface area contributed by atoms with Crippen molar-refractivity contribution < 1.29 is 4.79 Å². The lowest BCUT2D eigenvalue weighted by Gasteiger charge is -2.15. The summed E-state index contributed by atoms with van der Waals surface area (Å²) in [5.74, 6) is -0.0625. The summed E-state index contributed by atoms with van der Waals surface area (Å²) in [7, 11) is 0. The van der Waals surface area contributed by atoms with Crippen molar-refractivity contribution in [1.29, 1.82) is 0 Å². The van der Waals surface area contributed by atoms with Crippen molar-refractivity contribution in [3.8, 4) is 0 Å². The lowest BCUT2D eigenvalue weighted by molar-refractivity contribution is -0.122. The third-order valence-corrected chi connectivity index (χ3v) is 3.32. The van der Waals surface area contributed by atoms with Gasteiger partial charge >= 0.3 is 0 Å². The molecule has 4 heteroatoms. The van der Waals surface area contributed by atoms with E-state index in [1.165, 1.54) is 6.42 Å². The highest BCUT2D eigenvalue weighted by molar-refractivity contribution is 5.81. The van der Waals surface area contributed by atoms with Crippen molar-refractivity contribution in [2.45, 2.75) is 31.3 Å². The van der Waals surface area contributed by atoms with E-state index in [0.29, 0.717) is 19.0 Å². The SMILES string of the molecule is N[C@@H](Cc1ccccc1)C(=O)NCC1CCCN1. The number of nitrogens with one attached hydrogen (secondary N) is 2. The third kappa shape index (κ3) is 3.82. The summed E-state index contributed by atoms with van der Waals surface area (Å²) in [4.78, 5) is 11.8. The van der Waals surface area contributed by atoms with Crippen molar-refractivity contribution in [2.24, 2.45) is 5.73 Å². The molecule has 1 saturated heterocycles. The molecule has 1 aromatic carbocycles. The van der Waals surface area contributed by atoms with Gasteiger partial charge in [0.15, 0.2) is 0 Å². The molecule has 2 rings (SSSR count). The number of hydrogen-bond donors (Lipinski definition) is 3. The van der Waals surface area contributed by atoms with E-state index in [9.17, 15) is 4.79 Å². The van der Waals surface area contributed by atoms with Crippen LogP contribution in [0.5, 0.6) is 0 Å². The molecular weight excluding hydrogens is 226 g/mol. The first-order valence-electron chi connectivity index (χ1n) is 6.56. The first-order valence-corrected chi connectivity index (χ1v) is 6.56. The van der Waals surface area contributed by atoms with Crippen LogP contribution in [-0.2, 0) is 11.2 Å². The Morgan fingerprint density at radius 3 is 2.89 bits per heavy atom. The van der Waals surface area contributed by atoms with Gasteiger partial charge in [0.25, 0.3) is 0 Å². The molecule has 18 heavy (non-hydrogen) atoms. The largest absolute Gasteiger partial charge is 0.353 e. The van der Waals surface area contributed by atoms with E-state index in [0.717, 1.165) is 18.5 Å². The van der Waals surface area contributed by atoms with E-state index in [2.05, 4.69) is 10.6 Å². The molecule has 2 atom stereocenters. The lowest BCUT2D eigenvalue weighted by atomic mass is 10.1. The van der Waals surface area contributed by atoms with Gasteiger partial charge in [-0.2, -0.15) is 0 Å². The van der Waals surface area contributed by atoms with Crippen molar-refractivity contribution in [3.63, 3.8) is 0 Å². The number of carbonyl (C=O) groups is 1. The summed E-state index contributed by atoms with van der Waals surface area (Å²) in [6, 6.07) is 9.81. The van der Waals surface area contributed by atoms with E-state index in [1.54, 1.807) is 0 Å². The van der Waals surface area contributed by atoms with Gasteiger partial charge < -0.3 is 16.4 Å². The summed E-state index contributed by atoms with van der Waals surface area (Å²) < 4.78 is 0. The van der Waals surface area contributed by atoms with Crippen LogP contribution in [0.3, 0.4) is 0 Å². The molecule has 0 saturated carbocycles. The molecule has 0 aromatic heterocycles. The van der Waals surface area contributed by atoms with Crippen molar-refractivity contribution in [2.75, 3.05) is 13.1 Å². The highest BCUT2D eigenvalue weighted by atomic mass is 16.2. The second-order valence-electron chi connectivity index (χ2n) is 4.83. The monoisotopic (exact) mass is 247 g/mol. The van der Waals surface area contributed by atoms with Gasteiger partial charge in [0.05, 0.1) is 6.04 Å². The fourth-order valence-corrected chi connectivity index (χ4v) is 2.25. The minimum atomic E-state index is -0.464. The summed E-state index contributed by atoms with van der Waals surface area (Å²) in [6.07, 6.45) is 2.91. The number of nitrogens with two attached hydrogens (primary N) is 1. The second kappa shape index (κ2) is 6.52. The Morgan fingerprint density at radius 1 is 1.44 bits per heavy atom. The molecule has 1 aromatic rings. The molecule has 0 spiro atoms. The minimum Gasteiger partial charge on any atom is -0.353 e. The highest BCUT2D eigenvalue weighted by Crippen LogP contribution is 2.04. The van der Waals surface area contributed by atoms with Gasteiger partial charge in [-0.3, -0.25) is 4.79 Å². The number of hydrogen-bond acceptors (Lipinski definition) is 3. The molecule has 4 N–H and O–H groups in total. The van der Waals surface area contributed by atoms with Crippen LogP contribution in [-0.4, -0.2) is 31.1 Å². The summed E-state index contributed by atoms with van der Waals surface area (Å²) in [6.45, 7) is 1.73. The maximum absolute atomic E-state index is 11.8. The normalized spacial score (nSPS) is 20.6. The quantitative estimate of drug-likeness (QED) is 0.706. The van der Waals surface area contributed by atoms with Crippen LogP contribution in [0.2, 0.25) is 0 Å². The van der Waals surface area contributed by atoms with Gasteiger partial charge in [-0.15, -0.1) is 0 Å². The van der Waals surface area contributed by atoms with Gasteiger partial charge in [0, 0.05) is 12.6 Å². The molecular formula is C14H21N3O. The molecule has 98 valence electrons. The van der Waals surface area contributed by atoms with E-state index in [1.807, 2.05) is 30.3 Å². The molecule has 4 nitrogen and oxygen atoms in total. The molecule has 0 aliphatic carbocycles. The predicted octanol–water partition coefficient (Wildman–Crippen LogP) is 0.425. The number of carbonyl (C=O) groups excluding carboxylic acids is 1. The third-order valence-electron chi connectivity index (χ3n) is 3.32. The van der Waals surface area contributed by atoms with Gasteiger partial charge in [-0.1, -0.05) is 30.3 Å². The average Bonchev–Trinajstić information content (AvgIpc) is 2.90. The molecule has 1 heterocycles. The Hall–Kier alpha value is -1.39. The fourth-order valence-electron chi connectivity index (χ4n) is 2.25. The standard InChI is InChI=1S/C14H21N3O/c15-13(9-11-5-2-1-3-6-11)14(18)17-10-12-7-4-8-16-12/h1-3,5-6,12-13,16H,4,7-10,15H2,(H,17,18)/t12?,13-/m0/s1. The van der Waals surface area contributed by atoms with Crippen molar-refractivity contribution >= 4 is 5.91 Å². The maximum Gasteiger partial charge on any atom is 0.237 e. The van der Waals surface area contributed by atoms with Crippen LogP contribution in [0.1, 0.15) is 18.4 Å². The van der Waals surface area contributed by atoms with Crippen molar-refractivity contribution in [3.05, 3.63) is 35.9 Å². The number of benzene rings is 1. The van der Waals surface area contributed by atoms with Gasteiger partial charge in [-0.05, 0) is 31.4 Å². The van der Waals surface area contributed by atoms with E-state index in [-0.39, 0.29) is 5.91 Å². The summed E-state index contributed by atoms with van der Waals surface area (Å²) in [5.41, 5.74) is 7.00. The topological polar surface area (TPSA) is 67.2 Å². The van der Waals surface area contributed by atoms with Crippen LogP contribution >= 0.6 is 0 Å². The summed E-state index contributed by atoms with van der Waals surface area (Å²) >= 11 is 0. The Labute approximate surface area is 108 Å². The van der Waals surface area contributed by atoms with Gasteiger partial charge in [0.2, 0.25) is 5.91 Å². The van der Waals surface area contributed by atoms with Gasteiger partial charge in [0.1, 0.15) is 0 Å². The molecule has 1 amide bonds. The van der Waals surface area contributed by atoms with Crippen LogP contribution in [0.4, 0.5) is 0 Å². The van der Waals surface area contributed by atoms with Gasteiger partial charge in [-0.25, -0.2) is 0 Å². The Morgan fingerprint density at radius 2 is 2.22 bits per heavy atom. The molecule has 0 bridgehead atoms. The first kappa shape index (κ1) is 13.1. The van der Waals surface area contributed by atoms with E-state index >= 15 is 0 Å². The lowest BCUT2D eigenvalue weighted by Crippen LogP contribution is -2.46. The predicted molar refractivity (Wildman–Crippen MR) is 72.2 cm³/mol. The van der Waals surface area contributed by atoms with E-state index < -0.39 is 6.04 Å². The molecule has 0 radical (unpaired) electrons. The number of rotatable bonds is 5. The number of amides is 1. The smallest absolute Gasteiger partial charge is 0.237 e. The zero-order chi connectivity index (χ0) is 12.8. The van der Waals surface area contributed by atoms with Crippen LogP contribution in [0, 0.1) is 0 Å². The zero-order valence-corrected chi connectivity index (χ0v) is 10.6. The van der Waals surface area contributed by atoms with Crippen LogP contribution in [0.15, 0.2) is 30.3 Å². The Kier molecular flexibility index (Phi) is 4.73. The Bertz CT molecular complexity index is 374. The van der Waals surface area contributed by atoms with E-state index in [4.69, 9.17) is 5.73 Å². The molecule has 1 unspecified atom stereocenters. The van der Waals surface area contributed by atoms with Crippen molar-refractivity contribution in [1.82, 2.24) is 10.6 Å². The van der Waals surface area contributed by atoms with Crippen LogP contribution < -0.4 is 16.4 Å². The fraction of sp³-hybridized carbons (Fsp3) is 0.500. The second-order valence-corrected chi connectivity index (χ2v) is 4.83. The minimum absolute atomic E-state index is 0.0625. The summed E-state index contributed by atoms with van der Waals surface area (Å²) in [5, 5.41) is 6.26. The van der Waals surface area contributed by atoms with Crippen LogP contribution in [0.25, 0.3) is 0 Å². The Balaban J connectivity index is 1.74. The highest BCUT2D eigenvalue weighted by Gasteiger charge is 2.18. The molecule has 1 aliphatic rings.